The molecule has 3 nitrogen and oxygen atoms in total. The molecule has 1 saturated carbocycles. The van der Waals surface area contributed by atoms with Gasteiger partial charge in [0.2, 0.25) is 0 Å². The highest BCUT2D eigenvalue weighted by Crippen LogP contribution is 2.42. The van der Waals surface area contributed by atoms with Crippen LogP contribution in [0, 0.1) is 17.6 Å². The van der Waals surface area contributed by atoms with Gasteiger partial charge in [0.25, 0.3) is 5.91 Å². The summed E-state index contributed by atoms with van der Waals surface area (Å²) in [4.78, 5) is 15.1. The lowest BCUT2D eigenvalue weighted by Gasteiger charge is -2.32. The summed E-state index contributed by atoms with van der Waals surface area (Å²) >= 11 is 1.80. The van der Waals surface area contributed by atoms with Crippen LogP contribution in [0.4, 0.5) is 14.5 Å². The van der Waals surface area contributed by atoms with Gasteiger partial charge in [-0.25, -0.2) is 8.78 Å². The maximum absolute atomic E-state index is 13.7. The molecular weight excluding hydrogens is 330 g/mol. The molecule has 2 aliphatic rings. The maximum Gasteiger partial charge on any atom is 0.279 e. The van der Waals surface area contributed by atoms with Crippen molar-refractivity contribution in [2.45, 2.75) is 25.3 Å². The Morgan fingerprint density at radius 2 is 2.12 bits per heavy atom. The molecule has 1 aromatic carbocycles. The minimum Gasteiger partial charge on any atom is -0.320 e. The first-order valence-corrected chi connectivity index (χ1v) is 9.15. The van der Waals surface area contributed by atoms with Gasteiger partial charge in [-0.2, -0.15) is 0 Å². The normalized spacial score (nSPS) is 22.9. The molecule has 2 heterocycles. The van der Waals surface area contributed by atoms with Crippen LogP contribution in [0.5, 0.6) is 0 Å². The van der Waals surface area contributed by atoms with Gasteiger partial charge in [0.05, 0.1) is 12.2 Å². The Hall–Kier alpha value is -1.79. The Bertz CT molecular complexity index is 772. The van der Waals surface area contributed by atoms with Crippen LogP contribution in [-0.2, 0) is 11.2 Å². The molecule has 0 spiro atoms. The Morgan fingerprint density at radius 3 is 2.88 bits per heavy atom. The average Bonchev–Trinajstić information content (AvgIpc) is 3.26. The van der Waals surface area contributed by atoms with E-state index in [1.807, 2.05) is 0 Å². The average molecular weight is 349 g/mol. The van der Waals surface area contributed by atoms with Crippen molar-refractivity contribution in [2.75, 3.05) is 18.4 Å². The molecular formula is C18H19F2N2OS+. The second-order valence-electron chi connectivity index (χ2n) is 6.62. The third-order valence-electron chi connectivity index (χ3n) is 4.91. The SMILES string of the molecule is O=C(C[NH+]1CCc2sccc2[C@H]1C1CC1)Nc1ccc(F)cc1F. The van der Waals surface area contributed by atoms with Gasteiger partial charge in [-0.05, 0) is 36.4 Å². The van der Waals surface area contributed by atoms with Gasteiger partial charge in [-0.1, -0.05) is 0 Å². The second kappa shape index (κ2) is 6.26. The van der Waals surface area contributed by atoms with Crippen molar-refractivity contribution >= 4 is 22.9 Å². The molecule has 126 valence electrons. The predicted molar refractivity (Wildman–Crippen MR) is 89.2 cm³/mol. The molecule has 24 heavy (non-hydrogen) atoms. The Balaban J connectivity index is 1.47. The fraction of sp³-hybridized carbons (Fsp3) is 0.389. The minimum absolute atomic E-state index is 0.0389. The van der Waals surface area contributed by atoms with E-state index in [-0.39, 0.29) is 11.6 Å². The van der Waals surface area contributed by atoms with Crippen LogP contribution < -0.4 is 10.2 Å². The fourth-order valence-electron chi connectivity index (χ4n) is 3.69. The standard InChI is InChI=1S/C18H18F2N2OS/c19-12-3-4-15(14(20)9-12)21-17(23)10-22-7-5-16-13(6-8-24-16)18(22)11-1-2-11/h3-4,6,8-9,11,18H,1-2,5,7,10H2,(H,21,23)/p+1/t18-/m1/s1. The summed E-state index contributed by atoms with van der Waals surface area (Å²) < 4.78 is 26.7. The van der Waals surface area contributed by atoms with Crippen molar-refractivity contribution in [2.24, 2.45) is 5.92 Å². The van der Waals surface area contributed by atoms with Crippen molar-refractivity contribution in [3.8, 4) is 0 Å². The first-order chi connectivity index (χ1) is 11.6. The molecule has 1 aliphatic carbocycles. The Kier molecular flexibility index (Phi) is 4.10. The lowest BCUT2D eigenvalue weighted by molar-refractivity contribution is -0.928. The summed E-state index contributed by atoms with van der Waals surface area (Å²) in [6.07, 6.45) is 3.43. The van der Waals surface area contributed by atoms with Crippen molar-refractivity contribution in [1.82, 2.24) is 0 Å². The van der Waals surface area contributed by atoms with Crippen LogP contribution >= 0.6 is 11.3 Å². The van der Waals surface area contributed by atoms with Crippen LogP contribution in [0.3, 0.4) is 0 Å². The number of fused-ring (bicyclic) bond motifs is 1. The number of halogens is 2. The Morgan fingerprint density at radius 1 is 1.29 bits per heavy atom. The van der Waals surface area contributed by atoms with Crippen LogP contribution in [-0.4, -0.2) is 19.0 Å². The number of thiophene rings is 1. The first kappa shape index (κ1) is 15.7. The molecule has 1 aliphatic heterocycles. The second-order valence-corrected chi connectivity index (χ2v) is 7.62. The number of amides is 1. The van der Waals surface area contributed by atoms with E-state index in [4.69, 9.17) is 0 Å². The van der Waals surface area contributed by atoms with E-state index in [0.29, 0.717) is 18.5 Å². The van der Waals surface area contributed by atoms with Gasteiger partial charge in [-0.15, -0.1) is 11.3 Å². The number of hydrogen-bond donors (Lipinski definition) is 2. The molecule has 1 fully saturated rings. The molecule has 1 unspecified atom stereocenters. The molecule has 4 rings (SSSR count). The lowest BCUT2D eigenvalue weighted by atomic mass is 9.96. The summed E-state index contributed by atoms with van der Waals surface area (Å²) in [6.45, 7) is 1.24. The molecule has 1 amide bonds. The van der Waals surface area contributed by atoms with Gasteiger partial charge in [0.1, 0.15) is 17.7 Å². The van der Waals surface area contributed by atoms with E-state index >= 15 is 0 Å². The van der Waals surface area contributed by atoms with Crippen LogP contribution in [0.15, 0.2) is 29.6 Å². The summed E-state index contributed by atoms with van der Waals surface area (Å²) in [5.41, 5.74) is 1.43. The van der Waals surface area contributed by atoms with Gasteiger partial charge in [0, 0.05) is 28.8 Å². The molecule has 2 aromatic rings. The van der Waals surface area contributed by atoms with Crippen molar-refractivity contribution in [3.05, 3.63) is 51.7 Å². The highest BCUT2D eigenvalue weighted by molar-refractivity contribution is 7.10. The third-order valence-corrected chi connectivity index (χ3v) is 5.91. The first-order valence-electron chi connectivity index (χ1n) is 8.27. The summed E-state index contributed by atoms with van der Waals surface area (Å²) in [5.74, 6) is -0.953. The van der Waals surface area contributed by atoms with E-state index in [0.717, 1.165) is 25.1 Å². The zero-order valence-corrected chi connectivity index (χ0v) is 14.0. The van der Waals surface area contributed by atoms with E-state index in [1.54, 1.807) is 11.3 Å². The number of hydrogen-bond acceptors (Lipinski definition) is 2. The number of rotatable bonds is 4. The quantitative estimate of drug-likeness (QED) is 0.874. The fourth-order valence-corrected chi connectivity index (χ4v) is 4.62. The van der Waals surface area contributed by atoms with Crippen molar-refractivity contribution in [3.63, 3.8) is 0 Å². The highest BCUT2D eigenvalue weighted by atomic mass is 32.1. The topological polar surface area (TPSA) is 33.5 Å². The van der Waals surface area contributed by atoms with Gasteiger partial charge in [-0.3, -0.25) is 4.79 Å². The van der Waals surface area contributed by atoms with Crippen LogP contribution in [0.25, 0.3) is 0 Å². The van der Waals surface area contributed by atoms with Gasteiger partial charge < -0.3 is 10.2 Å². The predicted octanol–water partition coefficient (Wildman–Crippen LogP) is 2.56. The van der Waals surface area contributed by atoms with Crippen LogP contribution in [0.2, 0.25) is 0 Å². The minimum atomic E-state index is -0.740. The number of anilines is 1. The van der Waals surface area contributed by atoms with E-state index in [1.165, 1.54) is 34.2 Å². The van der Waals surface area contributed by atoms with Gasteiger partial charge >= 0.3 is 0 Å². The van der Waals surface area contributed by atoms with E-state index in [9.17, 15) is 13.6 Å². The summed E-state index contributed by atoms with van der Waals surface area (Å²) in [5, 5.41) is 4.72. The molecule has 0 saturated heterocycles. The lowest BCUT2D eigenvalue weighted by Crippen LogP contribution is -3.14. The number of carbonyl (C=O) groups is 1. The smallest absolute Gasteiger partial charge is 0.279 e. The molecule has 0 radical (unpaired) electrons. The van der Waals surface area contributed by atoms with Crippen molar-refractivity contribution in [1.29, 1.82) is 0 Å². The summed E-state index contributed by atoms with van der Waals surface area (Å²) in [6, 6.07) is 5.78. The number of nitrogens with one attached hydrogen (secondary N) is 2. The molecule has 2 atom stereocenters. The number of carbonyl (C=O) groups excluding carboxylic acids is 1. The molecule has 6 heteroatoms. The zero-order chi connectivity index (χ0) is 16.7. The summed E-state index contributed by atoms with van der Waals surface area (Å²) in [7, 11) is 0. The van der Waals surface area contributed by atoms with Gasteiger partial charge in [0.15, 0.2) is 6.54 Å². The monoisotopic (exact) mass is 349 g/mol. The van der Waals surface area contributed by atoms with E-state index in [2.05, 4.69) is 16.8 Å². The van der Waals surface area contributed by atoms with Crippen molar-refractivity contribution < 1.29 is 18.5 Å². The van der Waals surface area contributed by atoms with Crippen LogP contribution in [0.1, 0.15) is 29.3 Å². The number of benzene rings is 1. The van der Waals surface area contributed by atoms with E-state index < -0.39 is 11.6 Å². The zero-order valence-electron chi connectivity index (χ0n) is 13.1. The maximum atomic E-state index is 13.7. The number of quaternary nitrogens is 1. The molecule has 0 bridgehead atoms. The largest absolute Gasteiger partial charge is 0.320 e. The molecule has 2 N–H and O–H groups in total. The molecule has 1 aromatic heterocycles. The Labute approximate surface area is 143 Å². The highest BCUT2D eigenvalue weighted by Gasteiger charge is 2.43. The third kappa shape index (κ3) is 3.08.